The number of hydrogen-bond donors (Lipinski definition) is 1. The van der Waals surface area contributed by atoms with Gasteiger partial charge in [0.25, 0.3) is 0 Å². The van der Waals surface area contributed by atoms with Crippen LogP contribution in [0, 0.1) is 0 Å². The Morgan fingerprint density at radius 2 is 2.19 bits per heavy atom. The summed E-state index contributed by atoms with van der Waals surface area (Å²) in [6, 6.07) is 5.36. The van der Waals surface area contributed by atoms with E-state index in [0.29, 0.717) is 18.8 Å². The quantitative estimate of drug-likeness (QED) is 0.872. The molecule has 118 valence electrons. The van der Waals surface area contributed by atoms with E-state index in [-0.39, 0.29) is 10.9 Å². The van der Waals surface area contributed by atoms with Crippen molar-refractivity contribution in [1.82, 2.24) is 9.62 Å². The molecule has 21 heavy (non-hydrogen) atoms. The predicted octanol–water partition coefficient (Wildman–Crippen LogP) is 1.98. The van der Waals surface area contributed by atoms with Crippen molar-refractivity contribution in [2.24, 2.45) is 0 Å². The summed E-state index contributed by atoms with van der Waals surface area (Å²) in [6.07, 6.45) is 1.83. The summed E-state index contributed by atoms with van der Waals surface area (Å²) in [6.45, 7) is 6.15. The first-order valence-electron chi connectivity index (χ1n) is 7.40. The van der Waals surface area contributed by atoms with Crippen molar-refractivity contribution in [3.63, 3.8) is 0 Å². The molecule has 1 heterocycles. The largest absolute Gasteiger partial charge is 0.495 e. The molecule has 1 aliphatic rings. The summed E-state index contributed by atoms with van der Waals surface area (Å²) < 4.78 is 32.5. The monoisotopic (exact) mass is 312 g/mol. The molecule has 0 aliphatic carbocycles. The Bertz CT molecular complexity index is 587. The normalized spacial score (nSPS) is 19.9. The van der Waals surface area contributed by atoms with Gasteiger partial charge in [-0.2, -0.15) is 4.31 Å². The lowest BCUT2D eigenvalue weighted by Crippen LogP contribution is -2.33. The average Bonchev–Trinajstić information content (AvgIpc) is 2.91. The molecule has 0 saturated carbocycles. The standard InChI is InChI=1S/C15H24N2O3S/c1-4-16-11-13-7-8-15(14(10-13)20-3)21(18,19)17-9-5-6-12(17)2/h7-8,10,12,16H,4-6,9,11H2,1-3H3. The molecule has 1 atom stereocenters. The maximum atomic E-state index is 12.8. The van der Waals surface area contributed by atoms with Gasteiger partial charge in [-0.05, 0) is 44.0 Å². The smallest absolute Gasteiger partial charge is 0.246 e. The van der Waals surface area contributed by atoms with Crippen LogP contribution < -0.4 is 10.1 Å². The SMILES string of the molecule is CCNCc1ccc(S(=O)(=O)N2CCCC2C)c(OC)c1. The Labute approximate surface area is 127 Å². The van der Waals surface area contributed by atoms with Gasteiger partial charge >= 0.3 is 0 Å². The van der Waals surface area contributed by atoms with Gasteiger partial charge in [0.1, 0.15) is 10.6 Å². The zero-order valence-electron chi connectivity index (χ0n) is 12.9. The van der Waals surface area contributed by atoms with Gasteiger partial charge in [-0.3, -0.25) is 0 Å². The molecular weight excluding hydrogens is 288 g/mol. The Hall–Kier alpha value is -1.11. The highest BCUT2D eigenvalue weighted by Gasteiger charge is 2.34. The van der Waals surface area contributed by atoms with Crippen LogP contribution in [0.4, 0.5) is 0 Å². The minimum Gasteiger partial charge on any atom is -0.495 e. The van der Waals surface area contributed by atoms with E-state index in [9.17, 15) is 8.42 Å². The molecule has 0 spiro atoms. The van der Waals surface area contributed by atoms with Crippen LogP contribution in [-0.2, 0) is 16.6 Å². The second kappa shape index (κ2) is 6.77. The third-order valence-corrected chi connectivity index (χ3v) is 5.94. The highest BCUT2D eigenvalue weighted by molar-refractivity contribution is 7.89. The molecule has 2 rings (SSSR count). The van der Waals surface area contributed by atoms with E-state index in [1.54, 1.807) is 16.4 Å². The van der Waals surface area contributed by atoms with Gasteiger partial charge in [0.05, 0.1) is 7.11 Å². The second-order valence-electron chi connectivity index (χ2n) is 5.37. The van der Waals surface area contributed by atoms with Crippen LogP contribution in [0.25, 0.3) is 0 Å². The Morgan fingerprint density at radius 1 is 1.43 bits per heavy atom. The zero-order chi connectivity index (χ0) is 15.5. The second-order valence-corrected chi connectivity index (χ2v) is 7.23. The first kappa shape index (κ1) is 16.3. The molecule has 5 nitrogen and oxygen atoms in total. The number of rotatable bonds is 6. The van der Waals surface area contributed by atoms with Crippen LogP contribution >= 0.6 is 0 Å². The van der Waals surface area contributed by atoms with Gasteiger partial charge in [0.15, 0.2) is 0 Å². The van der Waals surface area contributed by atoms with E-state index in [1.807, 2.05) is 19.9 Å². The summed E-state index contributed by atoms with van der Waals surface area (Å²) >= 11 is 0. The number of nitrogens with zero attached hydrogens (tertiary/aromatic N) is 1. The molecule has 1 aromatic rings. The molecule has 1 N–H and O–H groups in total. The molecular formula is C15H24N2O3S. The lowest BCUT2D eigenvalue weighted by molar-refractivity contribution is 0.386. The van der Waals surface area contributed by atoms with Gasteiger partial charge in [0, 0.05) is 19.1 Å². The van der Waals surface area contributed by atoms with E-state index >= 15 is 0 Å². The van der Waals surface area contributed by atoms with Gasteiger partial charge in [-0.15, -0.1) is 0 Å². The first-order valence-corrected chi connectivity index (χ1v) is 8.84. The topological polar surface area (TPSA) is 58.6 Å². The summed E-state index contributed by atoms with van der Waals surface area (Å²) in [5.74, 6) is 0.421. The fourth-order valence-corrected chi connectivity index (χ4v) is 4.53. The molecule has 1 unspecified atom stereocenters. The number of nitrogens with one attached hydrogen (secondary N) is 1. The molecule has 6 heteroatoms. The lowest BCUT2D eigenvalue weighted by atomic mass is 10.2. The molecule has 0 radical (unpaired) electrons. The van der Waals surface area contributed by atoms with Crippen molar-refractivity contribution >= 4 is 10.0 Å². The van der Waals surface area contributed by atoms with Crippen molar-refractivity contribution < 1.29 is 13.2 Å². The van der Waals surface area contributed by atoms with Gasteiger partial charge < -0.3 is 10.1 Å². The number of benzene rings is 1. The van der Waals surface area contributed by atoms with Crippen LogP contribution in [-0.4, -0.2) is 39.0 Å². The van der Waals surface area contributed by atoms with Crippen molar-refractivity contribution in [3.05, 3.63) is 23.8 Å². The maximum Gasteiger partial charge on any atom is 0.246 e. The first-order chi connectivity index (χ1) is 10.0. The third-order valence-electron chi connectivity index (χ3n) is 3.89. The summed E-state index contributed by atoms with van der Waals surface area (Å²) in [5, 5.41) is 3.22. The number of methoxy groups -OCH3 is 1. The van der Waals surface area contributed by atoms with Crippen molar-refractivity contribution in [3.8, 4) is 5.75 Å². The number of sulfonamides is 1. The number of ether oxygens (including phenoxy) is 1. The van der Waals surface area contributed by atoms with Crippen molar-refractivity contribution in [2.75, 3.05) is 20.2 Å². The molecule has 1 saturated heterocycles. The highest BCUT2D eigenvalue weighted by Crippen LogP contribution is 2.31. The highest BCUT2D eigenvalue weighted by atomic mass is 32.2. The van der Waals surface area contributed by atoms with Crippen LogP contribution in [0.15, 0.2) is 23.1 Å². The molecule has 1 fully saturated rings. The minimum absolute atomic E-state index is 0.0566. The van der Waals surface area contributed by atoms with Gasteiger partial charge in [-0.25, -0.2) is 8.42 Å². The fourth-order valence-electron chi connectivity index (χ4n) is 2.69. The summed E-state index contributed by atoms with van der Waals surface area (Å²) in [7, 11) is -1.97. The number of hydrogen-bond acceptors (Lipinski definition) is 4. The van der Waals surface area contributed by atoms with E-state index in [2.05, 4.69) is 5.32 Å². The molecule has 1 aliphatic heterocycles. The Balaban J connectivity index is 2.34. The van der Waals surface area contributed by atoms with E-state index in [4.69, 9.17) is 4.74 Å². The van der Waals surface area contributed by atoms with Gasteiger partial charge in [0.2, 0.25) is 10.0 Å². The predicted molar refractivity (Wildman–Crippen MR) is 83.0 cm³/mol. The van der Waals surface area contributed by atoms with Crippen molar-refractivity contribution in [2.45, 2.75) is 44.2 Å². The summed E-state index contributed by atoms with van der Waals surface area (Å²) in [4.78, 5) is 0.263. The third kappa shape index (κ3) is 3.39. The van der Waals surface area contributed by atoms with E-state index in [0.717, 1.165) is 24.9 Å². The minimum atomic E-state index is -3.48. The van der Waals surface area contributed by atoms with Crippen LogP contribution in [0.1, 0.15) is 32.3 Å². The molecule has 0 amide bonds. The lowest BCUT2D eigenvalue weighted by Gasteiger charge is -2.22. The zero-order valence-corrected chi connectivity index (χ0v) is 13.7. The van der Waals surface area contributed by atoms with Gasteiger partial charge in [-0.1, -0.05) is 13.0 Å². The van der Waals surface area contributed by atoms with Crippen molar-refractivity contribution in [1.29, 1.82) is 0 Å². The van der Waals surface area contributed by atoms with E-state index < -0.39 is 10.0 Å². The molecule has 1 aromatic carbocycles. The molecule has 0 aromatic heterocycles. The van der Waals surface area contributed by atoms with E-state index in [1.165, 1.54) is 7.11 Å². The average molecular weight is 312 g/mol. The van der Waals surface area contributed by atoms with Crippen LogP contribution in [0.2, 0.25) is 0 Å². The maximum absolute atomic E-state index is 12.8. The Kier molecular flexibility index (Phi) is 5.24. The molecule has 0 bridgehead atoms. The van der Waals surface area contributed by atoms with Crippen LogP contribution in [0.5, 0.6) is 5.75 Å². The van der Waals surface area contributed by atoms with Crippen LogP contribution in [0.3, 0.4) is 0 Å². The fraction of sp³-hybridized carbons (Fsp3) is 0.600. The summed E-state index contributed by atoms with van der Waals surface area (Å²) in [5.41, 5.74) is 1.02. The Morgan fingerprint density at radius 3 is 2.76 bits per heavy atom.